The van der Waals surface area contributed by atoms with Gasteiger partial charge in [-0.05, 0) is 12.5 Å². The first-order valence-electron chi connectivity index (χ1n) is 4.53. The molecule has 2 N–H and O–H groups in total. The number of rotatable bonds is 2. The van der Waals surface area contributed by atoms with Crippen molar-refractivity contribution in [1.29, 1.82) is 0 Å². The van der Waals surface area contributed by atoms with Crippen molar-refractivity contribution in [2.45, 2.75) is 26.3 Å². The molecule has 1 fully saturated rings. The van der Waals surface area contributed by atoms with Gasteiger partial charge in [-0.25, -0.2) is 0 Å². The van der Waals surface area contributed by atoms with E-state index in [2.05, 4.69) is 13.8 Å². The Balaban J connectivity index is 2.73. The Hall–Kier alpha value is -0.570. The van der Waals surface area contributed by atoms with Crippen LogP contribution in [0.3, 0.4) is 0 Å². The third-order valence-corrected chi connectivity index (χ3v) is 2.75. The van der Waals surface area contributed by atoms with Crippen LogP contribution in [0.1, 0.15) is 20.3 Å². The number of nitrogens with zero attached hydrogens (tertiary/aromatic N) is 1. The summed E-state index contributed by atoms with van der Waals surface area (Å²) in [5.41, 5.74) is 5.61. The van der Waals surface area contributed by atoms with E-state index in [1.165, 1.54) is 0 Å². The molecule has 1 saturated heterocycles. The van der Waals surface area contributed by atoms with Crippen LogP contribution in [-0.2, 0) is 4.79 Å². The molecule has 3 nitrogen and oxygen atoms in total. The summed E-state index contributed by atoms with van der Waals surface area (Å²) in [5.74, 6) is 1.11. The quantitative estimate of drug-likeness (QED) is 0.654. The van der Waals surface area contributed by atoms with Crippen LogP contribution in [0.15, 0.2) is 0 Å². The topological polar surface area (TPSA) is 46.3 Å². The molecule has 1 rings (SSSR count). The average molecular weight is 170 g/mol. The summed E-state index contributed by atoms with van der Waals surface area (Å²) in [4.78, 5) is 13.2. The molecular weight excluding hydrogens is 152 g/mol. The summed E-state index contributed by atoms with van der Waals surface area (Å²) in [7, 11) is 1.88. The zero-order chi connectivity index (χ0) is 9.30. The lowest BCUT2D eigenvalue weighted by atomic mass is 9.91. The highest BCUT2D eigenvalue weighted by atomic mass is 16.2. The van der Waals surface area contributed by atoms with Crippen LogP contribution in [0, 0.1) is 11.8 Å². The van der Waals surface area contributed by atoms with E-state index >= 15 is 0 Å². The van der Waals surface area contributed by atoms with Gasteiger partial charge in [-0.2, -0.15) is 0 Å². The third-order valence-electron chi connectivity index (χ3n) is 2.75. The van der Waals surface area contributed by atoms with Gasteiger partial charge in [0, 0.05) is 25.4 Å². The zero-order valence-corrected chi connectivity index (χ0v) is 8.08. The van der Waals surface area contributed by atoms with Crippen LogP contribution in [0.25, 0.3) is 0 Å². The summed E-state index contributed by atoms with van der Waals surface area (Å²) in [6, 6.07) is 0.350. The number of amides is 1. The van der Waals surface area contributed by atoms with Crippen molar-refractivity contribution in [3.63, 3.8) is 0 Å². The molecule has 0 aromatic carbocycles. The van der Waals surface area contributed by atoms with E-state index < -0.39 is 0 Å². The molecule has 0 saturated carbocycles. The molecule has 1 amide bonds. The van der Waals surface area contributed by atoms with Crippen LogP contribution in [0.4, 0.5) is 0 Å². The molecule has 2 atom stereocenters. The second kappa shape index (κ2) is 3.44. The van der Waals surface area contributed by atoms with E-state index in [0.29, 0.717) is 30.8 Å². The maximum atomic E-state index is 11.3. The maximum absolute atomic E-state index is 11.3. The summed E-state index contributed by atoms with van der Waals surface area (Å²) < 4.78 is 0. The van der Waals surface area contributed by atoms with Crippen molar-refractivity contribution in [2.75, 3.05) is 13.6 Å². The Morgan fingerprint density at radius 2 is 2.25 bits per heavy atom. The molecular formula is C9H18N2O. The standard InChI is InChI=1S/C9H18N2O/c1-6(2)9-7(5-10)4-8(12)11(9)3/h6-7,9H,4-5,10H2,1-3H3. The Bertz CT molecular complexity index is 179. The van der Waals surface area contributed by atoms with Crippen molar-refractivity contribution >= 4 is 5.91 Å². The van der Waals surface area contributed by atoms with Crippen LogP contribution < -0.4 is 5.73 Å². The van der Waals surface area contributed by atoms with Gasteiger partial charge in [0.25, 0.3) is 0 Å². The summed E-state index contributed by atoms with van der Waals surface area (Å²) in [6.07, 6.45) is 0.635. The molecule has 0 aromatic heterocycles. The van der Waals surface area contributed by atoms with Crippen LogP contribution in [-0.4, -0.2) is 30.4 Å². The molecule has 0 bridgehead atoms. The zero-order valence-electron chi connectivity index (χ0n) is 8.08. The molecule has 0 radical (unpaired) electrons. The fourth-order valence-electron chi connectivity index (χ4n) is 2.19. The van der Waals surface area contributed by atoms with Gasteiger partial charge in [0.1, 0.15) is 0 Å². The van der Waals surface area contributed by atoms with E-state index in [0.717, 1.165) is 0 Å². The minimum absolute atomic E-state index is 0.240. The predicted octanol–water partition coefficient (Wildman–Crippen LogP) is 0.448. The maximum Gasteiger partial charge on any atom is 0.222 e. The molecule has 2 unspecified atom stereocenters. The van der Waals surface area contributed by atoms with Gasteiger partial charge >= 0.3 is 0 Å². The van der Waals surface area contributed by atoms with Crippen LogP contribution in [0.5, 0.6) is 0 Å². The number of hydrogen-bond acceptors (Lipinski definition) is 2. The van der Waals surface area contributed by atoms with Gasteiger partial charge in [0.15, 0.2) is 0 Å². The highest BCUT2D eigenvalue weighted by Crippen LogP contribution is 2.28. The van der Waals surface area contributed by atoms with Gasteiger partial charge in [-0.3, -0.25) is 4.79 Å². The summed E-state index contributed by atoms with van der Waals surface area (Å²) >= 11 is 0. The Labute approximate surface area is 73.9 Å². The molecule has 0 aromatic rings. The monoisotopic (exact) mass is 170 g/mol. The number of carbonyl (C=O) groups excluding carboxylic acids is 1. The van der Waals surface area contributed by atoms with Gasteiger partial charge in [-0.15, -0.1) is 0 Å². The van der Waals surface area contributed by atoms with E-state index in [1.54, 1.807) is 0 Å². The van der Waals surface area contributed by atoms with Crippen molar-refractivity contribution in [1.82, 2.24) is 4.90 Å². The molecule has 12 heavy (non-hydrogen) atoms. The fraction of sp³-hybridized carbons (Fsp3) is 0.889. The lowest BCUT2D eigenvalue weighted by Crippen LogP contribution is -2.38. The lowest BCUT2D eigenvalue weighted by molar-refractivity contribution is -0.128. The minimum atomic E-state index is 0.240. The van der Waals surface area contributed by atoms with Gasteiger partial charge in [0.05, 0.1) is 0 Å². The Morgan fingerprint density at radius 3 is 2.58 bits per heavy atom. The number of hydrogen-bond donors (Lipinski definition) is 1. The largest absolute Gasteiger partial charge is 0.342 e. The van der Waals surface area contributed by atoms with Crippen LogP contribution in [0.2, 0.25) is 0 Å². The van der Waals surface area contributed by atoms with E-state index in [4.69, 9.17) is 5.73 Å². The summed E-state index contributed by atoms with van der Waals surface area (Å²) in [5, 5.41) is 0. The molecule has 1 aliphatic rings. The number of nitrogens with two attached hydrogens (primary N) is 1. The molecule has 0 spiro atoms. The Morgan fingerprint density at radius 1 is 1.67 bits per heavy atom. The van der Waals surface area contributed by atoms with Gasteiger partial charge in [-0.1, -0.05) is 13.8 Å². The van der Waals surface area contributed by atoms with Crippen molar-refractivity contribution < 1.29 is 4.79 Å². The summed E-state index contributed by atoms with van der Waals surface area (Å²) in [6.45, 7) is 4.91. The Kier molecular flexibility index (Phi) is 2.73. The molecule has 0 aliphatic carbocycles. The minimum Gasteiger partial charge on any atom is -0.342 e. The van der Waals surface area contributed by atoms with Crippen molar-refractivity contribution in [2.24, 2.45) is 17.6 Å². The number of likely N-dealkylation sites (tertiary alicyclic amines) is 1. The van der Waals surface area contributed by atoms with E-state index in [9.17, 15) is 4.79 Å². The smallest absolute Gasteiger partial charge is 0.222 e. The highest BCUT2D eigenvalue weighted by molar-refractivity contribution is 5.79. The second-order valence-electron chi connectivity index (χ2n) is 3.94. The third kappa shape index (κ3) is 1.46. The van der Waals surface area contributed by atoms with E-state index in [1.807, 2.05) is 11.9 Å². The first kappa shape index (κ1) is 9.52. The van der Waals surface area contributed by atoms with Crippen molar-refractivity contribution in [3.05, 3.63) is 0 Å². The highest BCUT2D eigenvalue weighted by Gasteiger charge is 2.37. The SMILES string of the molecule is CC(C)C1C(CN)CC(=O)N1C. The normalized spacial score (nSPS) is 30.4. The second-order valence-corrected chi connectivity index (χ2v) is 3.94. The van der Waals surface area contributed by atoms with Gasteiger partial charge in [0.2, 0.25) is 5.91 Å². The van der Waals surface area contributed by atoms with Crippen LogP contribution >= 0.6 is 0 Å². The predicted molar refractivity (Wildman–Crippen MR) is 48.6 cm³/mol. The molecule has 70 valence electrons. The first-order chi connectivity index (χ1) is 5.57. The average Bonchev–Trinajstić information content (AvgIpc) is 2.28. The van der Waals surface area contributed by atoms with E-state index in [-0.39, 0.29) is 5.91 Å². The fourth-order valence-corrected chi connectivity index (χ4v) is 2.19. The molecule has 1 aliphatic heterocycles. The van der Waals surface area contributed by atoms with Crippen molar-refractivity contribution in [3.8, 4) is 0 Å². The first-order valence-corrected chi connectivity index (χ1v) is 4.53. The number of carbonyl (C=O) groups is 1. The molecule has 3 heteroatoms. The lowest BCUT2D eigenvalue weighted by Gasteiger charge is -2.27. The molecule has 1 heterocycles. The van der Waals surface area contributed by atoms with Gasteiger partial charge < -0.3 is 10.6 Å².